The Morgan fingerprint density at radius 3 is 2.59 bits per heavy atom. The molecule has 0 spiro atoms. The molecule has 1 aliphatic rings. The van der Waals surface area contributed by atoms with Gasteiger partial charge < -0.3 is 10.2 Å². The van der Waals surface area contributed by atoms with Gasteiger partial charge in [0.1, 0.15) is 0 Å². The van der Waals surface area contributed by atoms with E-state index in [-0.39, 0.29) is 5.56 Å². The van der Waals surface area contributed by atoms with Crippen LogP contribution in [0.2, 0.25) is 5.02 Å². The molecule has 4 rings (SSSR count). The van der Waals surface area contributed by atoms with E-state index in [2.05, 4.69) is 30.2 Å². The molecule has 2 aromatic heterocycles. The molecule has 138 valence electrons. The fraction of sp³-hybridized carbons (Fsp3) is 0.263. The molecule has 3 heterocycles. The number of nitrogens with one attached hydrogen (secondary N) is 2. The molecule has 0 aliphatic carbocycles. The number of aromatic nitrogens is 4. The van der Waals surface area contributed by atoms with Crippen molar-refractivity contribution in [3.8, 4) is 11.3 Å². The van der Waals surface area contributed by atoms with E-state index >= 15 is 0 Å². The summed E-state index contributed by atoms with van der Waals surface area (Å²) in [6.07, 6.45) is 4.07. The van der Waals surface area contributed by atoms with Crippen LogP contribution in [0.3, 0.4) is 0 Å². The lowest BCUT2D eigenvalue weighted by Crippen LogP contribution is -2.20. The van der Waals surface area contributed by atoms with Gasteiger partial charge in [-0.2, -0.15) is 0 Å². The largest absolute Gasteiger partial charge is 0.341 e. The highest BCUT2D eigenvalue weighted by atomic mass is 35.5. The Hall–Kier alpha value is -2.93. The van der Waals surface area contributed by atoms with Gasteiger partial charge >= 0.3 is 0 Å². The van der Waals surface area contributed by atoms with Crippen molar-refractivity contribution in [2.75, 3.05) is 23.3 Å². The molecule has 7 nitrogen and oxygen atoms in total. The Morgan fingerprint density at radius 2 is 1.89 bits per heavy atom. The molecule has 0 radical (unpaired) electrons. The predicted octanol–water partition coefficient (Wildman–Crippen LogP) is 3.53. The Labute approximate surface area is 161 Å². The standard InChI is InChI=1S/C19H19ClN6O/c1-12-15(11-21-19(22-12)26-8-2-3-9-26)16-10-17(27)25-18(24-16)23-14-6-4-13(20)5-7-14/h4-7,10-11H,2-3,8-9H2,1H3,(H2,23,24,25,27). The maximum atomic E-state index is 12.1. The van der Waals surface area contributed by atoms with E-state index in [1.807, 2.05) is 19.1 Å². The summed E-state index contributed by atoms with van der Waals surface area (Å²) in [4.78, 5) is 30.6. The second kappa shape index (κ2) is 7.36. The summed E-state index contributed by atoms with van der Waals surface area (Å²) in [6.45, 7) is 3.88. The number of hydrogen-bond acceptors (Lipinski definition) is 6. The first-order chi connectivity index (χ1) is 13.1. The molecular weight excluding hydrogens is 364 g/mol. The zero-order chi connectivity index (χ0) is 18.8. The van der Waals surface area contributed by atoms with Gasteiger partial charge in [0.15, 0.2) is 0 Å². The summed E-state index contributed by atoms with van der Waals surface area (Å²) in [5, 5.41) is 3.72. The molecule has 3 aromatic rings. The second-order valence-corrected chi connectivity index (χ2v) is 6.91. The van der Waals surface area contributed by atoms with E-state index in [4.69, 9.17) is 11.6 Å². The van der Waals surface area contributed by atoms with Crippen molar-refractivity contribution in [2.45, 2.75) is 19.8 Å². The van der Waals surface area contributed by atoms with Crippen LogP contribution >= 0.6 is 11.6 Å². The molecule has 1 saturated heterocycles. The number of aromatic amines is 1. The Kier molecular flexibility index (Phi) is 4.77. The molecule has 0 unspecified atom stereocenters. The minimum absolute atomic E-state index is 0.250. The van der Waals surface area contributed by atoms with Crippen molar-refractivity contribution in [1.82, 2.24) is 19.9 Å². The van der Waals surface area contributed by atoms with Crippen LogP contribution in [0, 0.1) is 6.92 Å². The van der Waals surface area contributed by atoms with Gasteiger partial charge in [-0.05, 0) is 44.0 Å². The summed E-state index contributed by atoms with van der Waals surface area (Å²) >= 11 is 5.90. The molecule has 27 heavy (non-hydrogen) atoms. The van der Waals surface area contributed by atoms with Gasteiger partial charge in [-0.1, -0.05) is 11.6 Å². The first kappa shape index (κ1) is 17.5. The maximum absolute atomic E-state index is 12.1. The van der Waals surface area contributed by atoms with Gasteiger partial charge in [0.2, 0.25) is 11.9 Å². The van der Waals surface area contributed by atoms with Crippen LogP contribution in [-0.2, 0) is 0 Å². The van der Waals surface area contributed by atoms with Gasteiger partial charge in [0, 0.05) is 41.6 Å². The molecule has 1 fully saturated rings. The summed E-state index contributed by atoms with van der Waals surface area (Å²) in [5.41, 5.74) is 2.59. The predicted molar refractivity (Wildman–Crippen MR) is 107 cm³/mol. The van der Waals surface area contributed by atoms with E-state index in [1.54, 1.807) is 18.3 Å². The number of nitrogens with zero attached hydrogens (tertiary/aromatic N) is 4. The third-order valence-corrected chi connectivity index (χ3v) is 4.73. The number of rotatable bonds is 4. The lowest BCUT2D eigenvalue weighted by atomic mass is 10.2. The SMILES string of the molecule is Cc1nc(N2CCCC2)ncc1-c1cc(=O)[nH]c(Nc2ccc(Cl)cc2)n1. The Morgan fingerprint density at radius 1 is 1.15 bits per heavy atom. The Balaban J connectivity index is 1.64. The molecule has 1 aliphatic heterocycles. The highest BCUT2D eigenvalue weighted by molar-refractivity contribution is 6.30. The first-order valence-corrected chi connectivity index (χ1v) is 9.19. The van der Waals surface area contributed by atoms with Gasteiger partial charge in [-0.3, -0.25) is 9.78 Å². The summed E-state index contributed by atoms with van der Waals surface area (Å²) in [7, 11) is 0. The van der Waals surface area contributed by atoms with Crippen LogP contribution in [-0.4, -0.2) is 33.0 Å². The molecule has 2 N–H and O–H groups in total. The smallest absolute Gasteiger partial charge is 0.252 e. The molecule has 0 saturated carbocycles. The highest BCUT2D eigenvalue weighted by Gasteiger charge is 2.17. The van der Waals surface area contributed by atoms with Gasteiger partial charge in [0.25, 0.3) is 5.56 Å². The van der Waals surface area contributed by atoms with Crippen LogP contribution < -0.4 is 15.8 Å². The second-order valence-electron chi connectivity index (χ2n) is 6.47. The van der Waals surface area contributed by atoms with E-state index < -0.39 is 0 Å². The maximum Gasteiger partial charge on any atom is 0.252 e. The third kappa shape index (κ3) is 3.93. The number of H-pyrrole nitrogens is 1. The van der Waals surface area contributed by atoms with Crippen molar-refractivity contribution >= 4 is 29.2 Å². The topological polar surface area (TPSA) is 86.8 Å². The fourth-order valence-electron chi connectivity index (χ4n) is 3.10. The first-order valence-electron chi connectivity index (χ1n) is 8.81. The van der Waals surface area contributed by atoms with E-state index in [9.17, 15) is 4.79 Å². The highest BCUT2D eigenvalue weighted by Crippen LogP contribution is 2.23. The van der Waals surface area contributed by atoms with Crippen molar-refractivity contribution in [1.29, 1.82) is 0 Å². The molecule has 1 aromatic carbocycles. The molecule has 0 amide bonds. The van der Waals surface area contributed by atoms with E-state index in [0.29, 0.717) is 16.7 Å². The monoisotopic (exact) mass is 382 g/mol. The fourth-order valence-corrected chi connectivity index (χ4v) is 3.23. The van der Waals surface area contributed by atoms with Gasteiger partial charge in [0.05, 0.1) is 11.4 Å². The van der Waals surface area contributed by atoms with Crippen molar-refractivity contribution in [2.24, 2.45) is 0 Å². The summed E-state index contributed by atoms with van der Waals surface area (Å²) < 4.78 is 0. The number of anilines is 3. The Bertz CT molecular complexity index is 1010. The lowest BCUT2D eigenvalue weighted by molar-refractivity contribution is 0.889. The zero-order valence-corrected chi connectivity index (χ0v) is 15.6. The average Bonchev–Trinajstić information content (AvgIpc) is 3.18. The number of aryl methyl sites for hydroxylation is 1. The normalized spacial score (nSPS) is 13.8. The molecule has 8 heteroatoms. The van der Waals surface area contributed by atoms with Crippen molar-refractivity contribution in [3.05, 3.63) is 57.6 Å². The average molecular weight is 383 g/mol. The van der Waals surface area contributed by atoms with Crippen LogP contribution in [0.1, 0.15) is 18.5 Å². The minimum Gasteiger partial charge on any atom is -0.341 e. The quantitative estimate of drug-likeness (QED) is 0.717. The lowest BCUT2D eigenvalue weighted by Gasteiger charge is -2.16. The van der Waals surface area contributed by atoms with Crippen molar-refractivity contribution < 1.29 is 0 Å². The van der Waals surface area contributed by atoms with Crippen LogP contribution in [0.25, 0.3) is 11.3 Å². The van der Waals surface area contributed by atoms with Crippen LogP contribution in [0.5, 0.6) is 0 Å². The minimum atomic E-state index is -0.250. The van der Waals surface area contributed by atoms with E-state index in [0.717, 1.165) is 36.0 Å². The van der Waals surface area contributed by atoms with Gasteiger partial charge in [-0.15, -0.1) is 0 Å². The van der Waals surface area contributed by atoms with Crippen LogP contribution in [0.15, 0.2) is 41.3 Å². The zero-order valence-electron chi connectivity index (χ0n) is 14.9. The number of benzene rings is 1. The van der Waals surface area contributed by atoms with Crippen LogP contribution in [0.4, 0.5) is 17.6 Å². The summed E-state index contributed by atoms with van der Waals surface area (Å²) in [6, 6.07) is 8.61. The molecular formula is C19H19ClN6O. The number of halogens is 1. The molecule has 0 atom stereocenters. The van der Waals surface area contributed by atoms with Gasteiger partial charge in [-0.25, -0.2) is 15.0 Å². The number of hydrogen-bond donors (Lipinski definition) is 2. The van der Waals surface area contributed by atoms with Crippen molar-refractivity contribution in [3.63, 3.8) is 0 Å². The van der Waals surface area contributed by atoms with E-state index in [1.165, 1.54) is 18.9 Å². The molecule has 0 bridgehead atoms. The summed E-state index contributed by atoms with van der Waals surface area (Å²) in [5.74, 6) is 1.08. The third-order valence-electron chi connectivity index (χ3n) is 4.48.